The Bertz CT molecular complexity index is 407. The van der Waals surface area contributed by atoms with E-state index in [9.17, 15) is 14.7 Å². The number of hydrogen-bond acceptors (Lipinski definition) is 4. The number of thioether (sulfide) groups is 1. The van der Waals surface area contributed by atoms with Crippen molar-refractivity contribution >= 4 is 23.6 Å². The highest BCUT2D eigenvalue weighted by Gasteiger charge is 2.53. The molecule has 0 aromatic heterocycles. The van der Waals surface area contributed by atoms with E-state index in [1.165, 1.54) is 4.90 Å². The van der Waals surface area contributed by atoms with Crippen LogP contribution in [0.2, 0.25) is 0 Å². The molecule has 5 nitrogen and oxygen atoms in total. The topological polar surface area (TPSA) is 60.9 Å². The number of rotatable bonds is 3. The molecule has 2 atom stereocenters. The predicted octanol–water partition coefficient (Wildman–Crippen LogP) is 0.670. The van der Waals surface area contributed by atoms with Gasteiger partial charge in [0.2, 0.25) is 11.8 Å². The standard InChI is InChI=1S/C13H22N2O3S/c1-12(2,18)8-14(4)11(17)9-7-19-13(3)6-5-10(16)15(9)13/h9,18H,5-8H2,1-4H3. The molecule has 0 radical (unpaired) electrons. The summed E-state index contributed by atoms with van der Waals surface area (Å²) in [6, 6.07) is -0.377. The molecule has 108 valence electrons. The summed E-state index contributed by atoms with van der Waals surface area (Å²) < 4.78 is 0. The number of nitrogens with zero attached hydrogens (tertiary/aromatic N) is 2. The first-order valence-electron chi connectivity index (χ1n) is 6.57. The Morgan fingerprint density at radius 1 is 1.63 bits per heavy atom. The van der Waals surface area contributed by atoms with Crippen LogP contribution in [0.25, 0.3) is 0 Å². The predicted molar refractivity (Wildman–Crippen MR) is 74.7 cm³/mol. The molecule has 2 saturated heterocycles. The van der Waals surface area contributed by atoms with Crippen LogP contribution in [0.5, 0.6) is 0 Å². The van der Waals surface area contributed by atoms with Gasteiger partial charge in [0.15, 0.2) is 0 Å². The Balaban J connectivity index is 2.10. The fourth-order valence-corrected chi connectivity index (χ4v) is 4.34. The van der Waals surface area contributed by atoms with E-state index in [0.717, 1.165) is 6.42 Å². The number of amides is 2. The van der Waals surface area contributed by atoms with E-state index in [1.54, 1.807) is 37.6 Å². The molecule has 0 aliphatic carbocycles. The van der Waals surface area contributed by atoms with Crippen molar-refractivity contribution in [3.05, 3.63) is 0 Å². The highest BCUT2D eigenvalue weighted by atomic mass is 32.2. The third kappa shape index (κ3) is 2.74. The van der Waals surface area contributed by atoms with Gasteiger partial charge in [-0.05, 0) is 27.2 Å². The van der Waals surface area contributed by atoms with E-state index in [-0.39, 0.29) is 29.3 Å². The van der Waals surface area contributed by atoms with Crippen LogP contribution in [-0.2, 0) is 9.59 Å². The average molecular weight is 286 g/mol. The molecule has 0 aromatic carbocycles. The summed E-state index contributed by atoms with van der Waals surface area (Å²) >= 11 is 1.69. The van der Waals surface area contributed by atoms with Crippen molar-refractivity contribution < 1.29 is 14.7 Å². The summed E-state index contributed by atoms with van der Waals surface area (Å²) in [6.07, 6.45) is 1.35. The Kier molecular flexibility index (Phi) is 3.60. The van der Waals surface area contributed by atoms with Gasteiger partial charge in [-0.2, -0.15) is 0 Å². The summed E-state index contributed by atoms with van der Waals surface area (Å²) in [5.41, 5.74) is -0.922. The normalized spacial score (nSPS) is 30.7. The largest absolute Gasteiger partial charge is 0.389 e. The van der Waals surface area contributed by atoms with Gasteiger partial charge in [0.25, 0.3) is 0 Å². The van der Waals surface area contributed by atoms with Gasteiger partial charge in [0, 0.05) is 25.8 Å². The van der Waals surface area contributed by atoms with Crippen molar-refractivity contribution in [2.24, 2.45) is 0 Å². The number of carbonyl (C=O) groups excluding carboxylic acids is 2. The SMILES string of the molecule is CN(CC(C)(C)O)C(=O)C1CSC2(C)CCC(=O)N12. The number of likely N-dealkylation sites (N-methyl/N-ethyl adjacent to an activating group) is 1. The molecule has 2 aliphatic rings. The van der Waals surface area contributed by atoms with E-state index in [1.807, 2.05) is 6.92 Å². The molecule has 0 bridgehead atoms. The van der Waals surface area contributed by atoms with Crippen molar-refractivity contribution in [2.75, 3.05) is 19.3 Å². The van der Waals surface area contributed by atoms with Gasteiger partial charge in [0.1, 0.15) is 6.04 Å². The molecule has 0 saturated carbocycles. The van der Waals surface area contributed by atoms with Crippen LogP contribution in [0.3, 0.4) is 0 Å². The molecule has 19 heavy (non-hydrogen) atoms. The Hall–Kier alpha value is -0.750. The highest BCUT2D eigenvalue weighted by Crippen LogP contribution is 2.47. The minimum absolute atomic E-state index is 0.0718. The second-order valence-corrected chi connectivity index (χ2v) is 7.77. The Morgan fingerprint density at radius 3 is 2.84 bits per heavy atom. The van der Waals surface area contributed by atoms with E-state index in [4.69, 9.17) is 0 Å². The third-order valence-electron chi connectivity index (χ3n) is 3.73. The summed E-state index contributed by atoms with van der Waals surface area (Å²) in [6.45, 7) is 5.65. The molecular formula is C13H22N2O3S. The van der Waals surface area contributed by atoms with Crippen LogP contribution in [0, 0.1) is 0 Å². The van der Waals surface area contributed by atoms with E-state index >= 15 is 0 Å². The maximum atomic E-state index is 12.5. The molecular weight excluding hydrogens is 264 g/mol. The lowest BCUT2D eigenvalue weighted by molar-refractivity contribution is -0.144. The van der Waals surface area contributed by atoms with E-state index < -0.39 is 5.60 Å². The van der Waals surface area contributed by atoms with Crippen LogP contribution < -0.4 is 0 Å². The first-order valence-corrected chi connectivity index (χ1v) is 7.56. The maximum absolute atomic E-state index is 12.5. The molecule has 2 fully saturated rings. The van der Waals surface area contributed by atoms with Gasteiger partial charge in [-0.1, -0.05) is 0 Å². The lowest BCUT2D eigenvalue weighted by Gasteiger charge is -2.33. The van der Waals surface area contributed by atoms with Crippen molar-refractivity contribution in [2.45, 2.75) is 50.1 Å². The molecule has 0 spiro atoms. The average Bonchev–Trinajstić information content (AvgIpc) is 2.73. The quantitative estimate of drug-likeness (QED) is 0.828. The highest BCUT2D eigenvalue weighted by molar-refractivity contribution is 8.01. The van der Waals surface area contributed by atoms with Gasteiger partial charge < -0.3 is 14.9 Å². The van der Waals surface area contributed by atoms with Crippen LogP contribution in [-0.4, -0.2) is 62.6 Å². The smallest absolute Gasteiger partial charge is 0.246 e. The van der Waals surface area contributed by atoms with Crippen LogP contribution in [0.4, 0.5) is 0 Å². The summed E-state index contributed by atoms with van der Waals surface area (Å²) in [5.74, 6) is 0.646. The van der Waals surface area contributed by atoms with Gasteiger partial charge in [-0.15, -0.1) is 11.8 Å². The van der Waals surface area contributed by atoms with E-state index in [2.05, 4.69) is 0 Å². The molecule has 6 heteroatoms. The molecule has 0 aromatic rings. The maximum Gasteiger partial charge on any atom is 0.246 e. The fourth-order valence-electron chi connectivity index (χ4n) is 2.92. The zero-order chi connectivity index (χ0) is 14.4. The number of carbonyl (C=O) groups is 2. The minimum Gasteiger partial charge on any atom is -0.389 e. The lowest BCUT2D eigenvalue weighted by atomic mass is 10.1. The van der Waals surface area contributed by atoms with Crippen molar-refractivity contribution in [3.8, 4) is 0 Å². The van der Waals surface area contributed by atoms with Gasteiger partial charge in [0.05, 0.1) is 10.5 Å². The van der Waals surface area contributed by atoms with Gasteiger partial charge in [-0.25, -0.2) is 0 Å². The molecule has 2 amide bonds. The molecule has 2 heterocycles. The minimum atomic E-state index is -0.922. The van der Waals surface area contributed by atoms with Gasteiger partial charge in [-0.3, -0.25) is 9.59 Å². The summed E-state index contributed by atoms with van der Waals surface area (Å²) in [4.78, 5) is 27.5. The summed E-state index contributed by atoms with van der Waals surface area (Å²) in [7, 11) is 1.68. The van der Waals surface area contributed by atoms with Crippen molar-refractivity contribution in [1.29, 1.82) is 0 Å². The van der Waals surface area contributed by atoms with Crippen molar-refractivity contribution in [1.82, 2.24) is 9.80 Å². The zero-order valence-corrected chi connectivity index (χ0v) is 12.8. The second-order valence-electron chi connectivity index (χ2n) is 6.27. The van der Waals surface area contributed by atoms with Crippen LogP contribution >= 0.6 is 11.8 Å². The third-order valence-corrected chi connectivity index (χ3v) is 5.24. The van der Waals surface area contributed by atoms with Crippen molar-refractivity contribution in [3.63, 3.8) is 0 Å². The monoisotopic (exact) mass is 286 g/mol. The van der Waals surface area contributed by atoms with E-state index in [0.29, 0.717) is 12.2 Å². The Morgan fingerprint density at radius 2 is 2.26 bits per heavy atom. The molecule has 2 unspecified atom stereocenters. The van der Waals surface area contributed by atoms with Crippen LogP contribution in [0.1, 0.15) is 33.6 Å². The Labute approximate surface area is 118 Å². The second kappa shape index (κ2) is 4.66. The van der Waals surface area contributed by atoms with Gasteiger partial charge >= 0.3 is 0 Å². The first-order chi connectivity index (χ1) is 8.64. The summed E-state index contributed by atoms with van der Waals surface area (Å²) in [5, 5.41) is 9.79. The lowest BCUT2D eigenvalue weighted by Crippen LogP contribution is -2.52. The molecule has 2 rings (SSSR count). The molecule has 2 aliphatic heterocycles. The van der Waals surface area contributed by atoms with Crippen LogP contribution in [0.15, 0.2) is 0 Å². The fraction of sp³-hybridized carbons (Fsp3) is 0.846. The number of hydrogen-bond donors (Lipinski definition) is 1. The number of fused-ring (bicyclic) bond motifs is 1. The number of aliphatic hydroxyl groups is 1. The first kappa shape index (κ1) is 14.7. The zero-order valence-electron chi connectivity index (χ0n) is 12.0. The molecule has 1 N–H and O–H groups in total.